The predicted molar refractivity (Wildman–Crippen MR) is 72.0 cm³/mol. The van der Waals surface area contributed by atoms with E-state index in [1.54, 1.807) is 7.11 Å². The van der Waals surface area contributed by atoms with Gasteiger partial charge in [0, 0.05) is 6.54 Å². The van der Waals surface area contributed by atoms with E-state index in [1.165, 1.54) is 11.1 Å². The van der Waals surface area contributed by atoms with Gasteiger partial charge in [-0.25, -0.2) is 0 Å². The molecule has 0 amide bonds. The number of aliphatic hydroxyl groups excluding tert-OH is 2. The van der Waals surface area contributed by atoms with E-state index < -0.39 is 6.10 Å². The molecule has 18 heavy (non-hydrogen) atoms. The van der Waals surface area contributed by atoms with Crippen LogP contribution in [-0.2, 0) is 12.8 Å². The Morgan fingerprint density at radius 1 is 1.39 bits per heavy atom. The molecule has 0 spiro atoms. The second-order valence-corrected chi connectivity index (χ2v) is 4.29. The van der Waals surface area contributed by atoms with Crippen LogP contribution in [0.5, 0.6) is 5.75 Å². The van der Waals surface area contributed by atoms with Crippen LogP contribution in [0, 0.1) is 0 Å². The van der Waals surface area contributed by atoms with Gasteiger partial charge in [-0.3, -0.25) is 0 Å². The molecule has 3 N–H and O–H groups in total. The molecule has 1 rings (SSSR count). The number of aliphatic hydroxyl groups is 2. The number of aryl methyl sites for hydroxylation is 1. The first-order valence-corrected chi connectivity index (χ1v) is 6.36. The summed E-state index contributed by atoms with van der Waals surface area (Å²) in [6, 6.07) is 6.21. The molecule has 0 bridgehead atoms. The molecule has 0 fully saturated rings. The number of benzene rings is 1. The summed E-state index contributed by atoms with van der Waals surface area (Å²) in [5, 5.41) is 21.0. The number of hydrogen-bond acceptors (Lipinski definition) is 4. The topological polar surface area (TPSA) is 61.7 Å². The van der Waals surface area contributed by atoms with E-state index in [9.17, 15) is 5.11 Å². The third-order valence-corrected chi connectivity index (χ3v) is 2.91. The highest BCUT2D eigenvalue weighted by molar-refractivity contribution is 5.37. The maximum absolute atomic E-state index is 9.18. The highest BCUT2D eigenvalue weighted by atomic mass is 16.5. The van der Waals surface area contributed by atoms with Gasteiger partial charge >= 0.3 is 0 Å². The fourth-order valence-corrected chi connectivity index (χ4v) is 1.83. The van der Waals surface area contributed by atoms with Gasteiger partial charge in [0.15, 0.2) is 0 Å². The molecule has 1 unspecified atom stereocenters. The molecule has 1 atom stereocenters. The molecule has 0 saturated carbocycles. The van der Waals surface area contributed by atoms with Gasteiger partial charge in [0.05, 0.1) is 19.8 Å². The normalized spacial score (nSPS) is 12.4. The Bertz CT molecular complexity index is 355. The van der Waals surface area contributed by atoms with E-state index in [1.807, 2.05) is 6.07 Å². The summed E-state index contributed by atoms with van der Waals surface area (Å²) in [5.74, 6) is 0.935. The SMILES string of the molecule is CCc1cc(CCNCC(O)CO)ccc1OC. The van der Waals surface area contributed by atoms with Crippen molar-refractivity contribution in [3.63, 3.8) is 0 Å². The Balaban J connectivity index is 2.43. The number of hydrogen-bond donors (Lipinski definition) is 3. The summed E-state index contributed by atoms with van der Waals surface area (Å²) in [6.07, 6.45) is 1.18. The van der Waals surface area contributed by atoms with Gasteiger partial charge in [0.2, 0.25) is 0 Å². The zero-order valence-electron chi connectivity index (χ0n) is 11.1. The standard InChI is InChI=1S/C14H23NO3/c1-3-12-8-11(4-5-14(12)18-2)6-7-15-9-13(17)10-16/h4-5,8,13,15-17H,3,6-7,9-10H2,1-2H3. The van der Waals surface area contributed by atoms with Crippen molar-refractivity contribution in [1.82, 2.24) is 5.32 Å². The third kappa shape index (κ3) is 4.64. The van der Waals surface area contributed by atoms with Gasteiger partial charge in [-0.1, -0.05) is 19.1 Å². The van der Waals surface area contributed by atoms with Crippen LogP contribution in [0.25, 0.3) is 0 Å². The molecule has 1 aromatic rings. The molecule has 1 aromatic carbocycles. The molecule has 0 aliphatic carbocycles. The summed E-state index contributed by atoms with van der Waals surface area (Å²) < 4.78 is 5.29. The van der Waals surface area contributed by atoms with Crippen LogP contribution in [0.3, 0.4) is 0 Å². The first-order chi connectivity index (χ1) is 8.71. The molecule has 4 nitrogen and oxygen atoms in total. The summed E-state index contributed by atoms with van der Waals surface area (Å²) in [5.41, 5.74) is 2.46. The third-order valence-electron chi connectivity index (χ3n) is 2.91. The van der Waals surface area contributed by atoms with E-state index in [-0.39, 0.29) is 6.61 Å². The van der Waals surface area contributed by atoms with Crippen molar-refractivity contribution in [3.05, 3.63) is 29.3 Å². The van der Waals surface area contributed by atoms with Crippen molar-refractivity contribution in [2.45, 2.75) is 25.9 Å². The fraction of sp³-hybridized carbons (Fsp3) is 0.571. The maximum Gasteiger partial charge on any atom is 0.122 e. The van der Waals surface area contributed by atoms with Gasteiger partial charge in [-0.05, 0) is 36.6 Å². The summed E-state index contributed by atoms with van der Waals surface area (Å²) >= 11 is 0. The lowest BCUT2D eigenvalue weighted by Crippen LogP contribution is -2.30. The zero-order valence-corrected chi connectivity index (χ0v) is 11.1. The van der Waals surface area contributed by atoms with Gasteiger partial charge in [-0.15, -0.1) is 0 Å². The number of ether oxygens (including phenoxy) is 1. The second kappa shape index (κ2) is 8.08. The lowest BCUT2D eigenvalue weighted by molar-refractivity contribution is 0.0947. The number of nitrogens with one attached hydrogen (secondary N) is 1. The Labute approximate surface area is 109 Å². The molecule has 0 aromatic heterocycles. The summed E-state index contributed by atoms with van der Waals surface area (Å²) in [4.78, 5) is 0. The van der Waals surface area contributed by atoms with Crippen LogP contribution in [-0.4, -0.2) is 43.1 Å². The second-order valence-electron chi connectivity index (χ2n) is 4.29. The molecule has 0 aliphatic heterocycles. The minimum Gasteiger partial charge on any atom is -0.496 e. The lowest BCUT2D eigenvalue weighted by Gasteiger charge is -2.11. The van der Waals surface area contributed by atoms with E-state index in [0.717, 1.165) is 25.1 Å². The van der Waals surface area contributed by atoms with Crippen molar-refractivity contribution in [3.8, 4) is 5.75 Å². The monoisotopic (exact) mass is 253 g/mol. The first kappa shape index (κ1) is 15.0. The Kier molecular flexibility index (Phi) is 6.72. The lowest BCUT2D eigenvalue weighted by atomic mass is 10.1. The minimum atomic E-state index is -0.674. The molecule has 0 aliphatic rings. The highest BCUT2D eigenvalue weighted by Gasteiger charge is 2.03. The van der Waals surface area contributed by atoms with Gasteiger partial charge in [0.25, 0.3) is 0 Å². The number of rotatable bonds is 8. The van der Waals surface area contributed by atoms with Crippen molar-refractivity contribution < 1.29 is 14.9 Å². The van der Waals surface area contributed by atoms with Crippen molar-refractivity contribution >= 4 is 0 Å². The smallest absolute Gasteiger partial charge is 0.122 e. The zero-order chi connectivity index (χ0) is 13.4. The van der Waals surface area contributed by atoms with Crippen LogP contribution >= 0.6 is 0 Å². The highest BCUT2D eigenvalue weighted by Crippen LogP contribution is 2.20. The number of methoxy groups -OCH3 is 1. The Morgan fingerprint density at radius 3 is 2.78 bits per heavy atom. The van der Waals surface area contributed by atoms with Crippen molar-refractivity contribution in [1.29, 1.82) is 0 Å². The average molecular weight is 253 g/mol. The maximum atomic E-state index is 9.18. The fourth-order valence-electron chi connectivity index (χ4n) is 1.83. The van der Waals surface area contributed by atoms with Crippen molar-refractivity contribution in [2.75, 3.05) is 26.8 Å². The first-order valence-electron chi connectivity index (χ1n) is 6.36. The molecular formula is C14H23NO3. The predicted octanol–water partition coefficient (Wildman–Crippen LogP) is 0.743. The van der Waals surface area contributed by atoms with E-state index in [2.05, 4.69) is 24.4 Å². The molecule has 4 heteroatoms. The molecule has 0 heterocycles. The molecule has 0 radical (unpaired) electrons. The molecule has 0 saturated heterocycles. The van der Waals surface area contributed by atoms with E-state index >= 15 is 0 Å². The van der Waals surface area contributed by atoms with Gasteiger partial charge in [0.1, 0.15) is 5.75 Å². The summed E-state index contributed by atoms with van der Waals surface area (Å²) in [7, 11) is 1.69. The molecular weight excluding hydrogens is 230 g/mol. The summed E-state index contributed by atoms with van der Waals surface area (Å²) in [6.45, 7) is 3.12. The van der Waals surface area contributed by atoms with Crippen LogP contribution in [0.1, 0.15) is 18.1 Å². The van der Waals surface area contributed by atoms with Crippen LogP contribution < -0.4 is 10.1 Å². The van der Waals surface area contributed by atoms with E-state index in [4.69, 9.17) is 9.84 Å². The average Bonchev–Trinajstić information content (AvgIpc) is 2.42. The quantitative estimate of drug-likeness (QED) is 0.598. The van der Waals surface area contributed by atoms with Gasteiger partial charge in [-0.2, -0.15) is 0 Å². The largest absolute Gasteiger partial charge is 0.496 e. The van der Waals surface area contributed by atoms with E-state index in [0.29, 0.717) is 6.54 Å². The van der Waals surface area contributed by atoms with Crippen molar-refractivity contribution in [2.24, 2.45) is 0 Å². The Morgan fingerprint density at radius 2 is 2.17 bits per heavy atom. The van der Waals surface area contributed by atoms with Gasteiger partial charge < -0.3 is 20.3 Å². The van der Waals surface area contributed by atoms with Crippen LogP contribution in [0.2, 0.25) is 0 Å². The molecule has 102 valence electrons. The van der Waals surface area contributed by atoms with Crippen LogP contribution in [0.4, 0.5) is 0 Å². The Hall–Kier alpha value is -1.10. The minimum absolute atomic E-state index is 0.199. The van der Waals surface area contributed by atoms with Crippen LogP contribution in [0.15, 0.2) is 18.2 Å².